The molecule has 1 saturated heterocycles. The Morgan fingerprint density at radius 3 is 0.946 bits per heavy atom. The molecule has 4 heterocycles. The number of carbonyl (C=O) groups excluding carboxylic acids is 10. The van der Waals surface area contributed by atoms with Gasteiger partial charge in [-0.1, -0.05) is 183 Å². The lowest BCUT2D eigenvalue weighted by molar-refractivity contribution is -0.154. The molecule has 0 N–H and O–H groups in total. The molecule has 4 rings (SSSR count). The van der Waals surface area contributed by atoms with Gasteiger partial charge >= 0.3 is 0 Å². The molecular formula is C86H148N6O18S. The number of imide groups is 3. The number of amides is 9. The number of nitrogens with zero attached hydrogens (tertiary/aromatic N) is 6. The Hall–Kier alpha value is -6.29. The van der Waals surface area contributed by atoms with Crippen molar-refractivity contribution in [1.29, 1.82) is 0 Å². The number of hydrogen-bond donors (Lipinski definition) is 0. The summed E-state index contributed by atoms with van der Waals surface area (Å²) in [4.78, 5) is 123. The highest BCUT2D eigenvalue weighted by molar-refractivity contribution is 7.99. The monoisotopic (exact) mass is 1590 g/mol. The third kappa shape index (κ3) is 63.8. The Labute approximate surface area is 673 Å². The fourth-order valence-corrected chi connectivity index (χ4v) is 10.6. The maximum Gasteiger partial charge on any atom is 0.253 e. The van der Waals surface area contributed by atoms with E-state index in [1.165, 1.54) is 111 Å². The highest BCUT2D eigenvalue weighted by Gasteiger charge is 2.31. The molecule has 4 aliphatic rings. The van der Waals surface area contributed by atoms with Crippen LogP contribution in [-0.2, 0) is 85.8 Å². The highest BCUT2D eigenvalue weighted by atomic mass is 32.2. The Morgan fingerprint density at radius 1 is 0.342 bits per heavy atom. The normalized spacial score (nSPS) is 14.4. The van der Waals surface area contributed by atoms with E-state index in [-0.39, 0.29) is 103 Å². The van der Waals surface area contributed by atoms with E-state index in [9.17, 15) is 47.9 Å². The number of ether oxygens (including phenoxy) is 8. The summed E-state index contributed by atoms with van der Waals surface area (Å²) in [5.41, 5.74) is 1.92. The van der Waals surface area contributed by atoms with E-state index < -0.39 is 0 Å². The fourth-order valence-electron chi connectivity index (χ4n) is 9.55. The smallest absolute Gasteiger partial charge is 0.253 e. The van der Waals surface area contributed by atoms with E-state index >= 15 is 0 Å². The summed E-state index contributed by atoms with van der Waals surface area (Å²) in [5.74, 6) is -0.0993. The van der Waals surface area contributed by atoms with E-state index in [2.05, 4.69) is 151 Å². The number of rotatable bonds is 47. The third-order valence-electron chi connectivity index (χ3n) is 16.2. The van der Waals surface area contributed by atoms with Crippen molar-refractivity contribution < 1.29 is 85.8 Å². The van der Waals surface area contributed by atoms with Crippen LogP contribution in [-0.4, -0.2) is 245 Å². The van der Waals surface area contributed by atoms with Crippen molar-refractivity contribution in [3.8, 4) is 0 Å². The molecule has 111 heavy (non-hydrogen) atoms. The minimum atomic E-state index is -0.309. The third-order valence-corrected chi connectivity index (χ3v) is 17.7. The largest absolute Gasteiger partial charge is 0.379 e. The summed E-state index contributed by atoms with van der Waals surface area (Å²) in [7, 11) is 0. The quantitative estimate of drug-likeness (QED) is 0.0237. The molecule has 0 radical (unpaired) electrons. The topological polar surface area (TPSA) is 264 Å². The van der Waals surface area contributed by atoms with Gasteiger partial charge in [0.05, 0.1) is 126 Å². The van der Waals surface area contributed by atoms with Gasteiger partial charge in [-0.3, -0.25) is 62.6 Å². The Kier molecular flexibility index (Phi) is 58.0. The summed E-state index contributed by atoms with van der Waals surface area (Å²) in [6.07, 6.45) is 28.0. The number of allylic oxidation sites excluding steroid dienone is 2. The van der Waals surface area contributed by atoms with E-state index in [1.54, 1.807) is 11.8 Å². The zero-order valence-electron chi connectivity index (χ0n) is 71.9. The maximum absolute atomic E-state index is 12.4. The van der Waals surface area contributed by atoms with Crippen LogP contribution in [0.1, 0.15) is 215 Å². The minimum Gasteiger partial charge on any atom is -0.379 e. The fraction of sp³-hybridized carbons (Fsp3) is 0.721. The van der Waals surface area contributed by atoms with Crippen LogP contribution in [0.3, 0.4) is 0 Å². The maximum atomic E-state index is 12.4. The molecule has 9 amide bonds. The average Bonchev–Trinajstić information content (AvgIpc) is 1.81. The van der Waals surface area contributed by atoms with Crippen molar-refractivity contribution in [2.45, 2.75) is 215 Å². The van der Waals surface area contributed by atoms with E-state index in [4.69, 9.17) is 37.9 Å². The number of thioether (sulfide) groups is 1. The van der Waals surface area contributed by atoms with Gasteiger partial charge in [0.1, 0.15) is 0 Å². The van der Waals surface area contributed by atoms with Crippen LogP contribution in [0.15, 0.2) is 87.1 Å². The van der Waals surface area contributed by atoms with Gasteiger partial charge in [-0.15, -0.1) is 6.58 Å². The highest BCUT2D eigenvalue weighted by Crippen LogP contribution is 2.26. The summed E-state index contributed by atoms with van der Waals surface area (Å²) in [6, 6.07) is 0. The number of ketones is 1. The van der Waals surface area contributed by atoms with Gasteiger partial charge in [-0.25, -0.2) is 0 Å². The SMILES string of the molecule is C=CC(=O)CCCCCCC(C)(C)C.C=CC(=O)N1CN(C(=O)C=C)CN(C(=O)CCSCC(C)(C)C)C1.C=CC(C)(C)C.CC(C)(C)CCCCCN1C(=O)C=CC1=O.CC(C)(C)CCCN1C(=O)C=CC1=O.CC(C)(C)CCOCCOCCOCCOCCOCCOCCOCCOCCN1C(=O)C=CC1=O. The molecule has 0 aliphatic carbocycles. The van der Waals surface area contributed by atoms with Gasteiger partial charge < -0.3 is 52.6 Å². The second kappa shape index (κ2) is 60.3. The first-order valence-electron chi connectivity index (χ1n) is 39.6. The van der Waals surface area contributed by atoms with Crippen molar-refractivity contribution in [2.75, 3.05) is 157 Å². The molecule has 24 nitrogen and oxygen atoms in total. The standard InChI is InChI=1S/C26H47NO10.C17H27N3O3S.C13H21NO2.C13H24O.C11H17NO2.C6H12/c1-26(2,3)6-8-30-10-12-32-14-16-34-18-20-36-22-23-37-21-19-35-17-15-33-13-11-31-9-7-27-24(28)4-5-25(27)29;1-6-14(21)18-11-19(15(22)7-2)13-20(12-18)16(23)8-9-24-10-17(3,4)5;1-13(2,3)9-5-4-6-10-14-11(15)7-8-12(14)16;1-5-12(14)10-8-6-7-9-11-13(2,3)4;1-11(2,3)7-4-8-12-9(13)5-6-10(12)14;1-5-6(2,3)4/h4-5H,6-23H2,1-3H3;6-7H,1-2,8-13H2,3-5H3;7-8H,4-6,9-10H2,1-3H3;5H,1,6-11H2,2-4H3;5-6H,4,7-8H2,1-3H3;5H,1H2,2-4H3. The molecule has 25 heteroatoms. The molecule has 0 atom stereocenters. The first-order chi connectivity index (χ1) is 51.9. The number of carbonyl (C=O) groups is 10. The summed E-state index contributed by atoms with van der Waals surface area (Å²) < 4.78 is 43.5. The van der Waals surface area contributed by atoms with Crippen LogP contribution in [0, 0.1) is 32.5 Å². The molecule has 1 fully saturated rings. The van der Waals surface area contributed by atoms with Gasteiger partial charge in [0.2, 0.25) is 17.7 Å². The lowest BCUT2D eigenvalue weighted by Crippen LogP contribution is -2.59. The Morgan fingerprint density at radius 2 is 0.631 bits per heavy atom. The zero-order chi connectivity index (χ0) is 84.5. The van der Waals surface area contributed by atoms with Gasteiger partial charge in [-0.05, 0) is 101 Å². The first-order valence-corrected chi connectivity index (χ1v) is 40.7. The van der Waals surface area contributed by atoms with E-state index in [1.807, 2.05) is 6.08 Å². The lowest BCUT2D eigenvalue weighted by atomic mass is 9.89. The Bertz CT molecular complexity index is 2750. The zero-order valence-corrected chi connectivity index (χ0v) is 72.7. The first kappa shape index (κ1) is 107. The molecule has 4 aliphatic heterocycles. The van der Waals surface area contributed by atoms with Crippen molar-refractivity contribution in [3.63, 3.8) is 0 Å². The second-order valence-electron chi connectivity index (χ2n) is 34.3. The predicted octanol–water partition coefficient (Wildman–Crippen LogP) is 14.0. The van der Waals surface area contributed by atoms with Crippen LogP contribution in [0.2, 0.25) is 0 Å². The summed E-state index contributed by atoms with van der Waals surface area (Å²) in [6.45, 7) is 63.3. The van der Waals surface area contributed by atoms with Crippen molar-refractivity contribution >= 4 is 70.7 Å². The van der Waals surface area contributed by atoms with Gasteiger partial charge in [0.25, 0.3) is 35.4 Å². The molecule has 0 spiro atoms. The molecule has 0 saturated carbocycles. The minimum absolute atomic E-state index is 0.0696. The lowest BCUT2D eigenvalue weighted by Gasteiger charge is -2.41. The van der Waals surface area contributed by atoms with Gasteiger partial charge in [0, 0.05) is 74.7 Å². The van der Waals surface area contributed by atoms with E-state index in [0.29, 0.717) is 140 Å². The predicted molar refractivity (Wildman–Crippen MR) is 444 cm³/mol. The number of hydrogen-bond acceptors (Lipinski definition) is 19. The molecule has 0 aromatic rings. The van der Waals surface area contributed by atoms with Crippen molar-refractivity contribution in [1.82, 2.24) is 29.4 Å². The van der Waals surface area contributed by atoms with Crippen LogP contribution in [0.25, 0.3) is 0 Å². The molecule has 636 valence electrons. The van der Waals surface area contributed by atoms with Gasteiger partial charge in [-0.2, -0.15) is 11.8 Å². The van der Waals surface area contributed by atoms with E-state index in [0.717, 1.165) is 68.0 Å². The molecule has 0 aromatic heterocycles. The summed E-state index contributed by atoms with van der Waals surface area (Å²) >= 11 is 1.73. The van der Waals surface area contributed by atoms with Crippen LogP contribution in [0.4, 0.5) is 0 Å². The van der Waals surface area contributed by atoms with Gasteiger partial charge in [0.15, 0.2) is 5.78 Å². The molecular weight excluding hydrogens is 1440 g/mol. The number of unbranched alkanes of at least 4 members (excludes halogenated alkanes) is 5. The van der Waals surface area contributed by atoms with Crippen molar-refractivity contribution in [3.05, 3.63) is 87.1 Å². The van der Waals surface area contributed by atoms with Crippen LogP contribution < -0.4 is 0 Å². The molecule has 0 aromatic carbocycles. The molecule has 0 bridgehead atoms. The molecule has 0 unspecified atom stereocenters. The van der Waals surface area contributed by atoms with Crippen LogP contribution in [0.5, 0.6) is 0 Å². The average molecular weight is 1590 g/mol. The summed E-state index contributed by atoms with van der Waals surface area (Å²) in [5, 5.41) is 0. The second-order valence-corrected chi connectivity index (χ2v) is 35.4. The Balaban J connectivity index is 0. The van der Waals surface area contributed by atoms with Crippen molar-refractivity contribution in [2.24, 2.45) is 32.5 Å². The van der Waals surface area contributed by atoms with Crippen LogP contribution >= 0.6 is 11.8 Å².